The van der Waals surface area contributed by atoms with Gasteiger partial charge in [-0.1, -0.05) is 0 Å². The van der Waals surface area contributed by atoms with E-state index in [4.69, 9.17) is 10.2 Å². The average molecular weight is 319 g/mol. The van der Waals surface area contributed by atoms with E-state index in [1.54, 1.807) is 0 Å². The fraction of sp³-hybridized carbons (Fsp3) is 0.300. The van der Waals surface area contributed by atoms with Gasteiger partial charge in [0.1, 0.15) is 12.6 Å². The number of nitrogens with one attached hydrogen (secondary N) is 1. The van der Waals surface area contributed by atoms with Gasteiger partial charge in [-0.15, -0.1) is 0 Å². The minimum Gasteiger partial charge on any atom is -0.480 e. The maximum atomic E-state index is 11.5. The van der Waals surface area contributed by atoms with Crippen molar-refractivity contribution < 1.29 is 19.8 Å². The number of carbonyl (C=O) groups is 2. The lowest BCUT2D eigenvalue weighted by molar-refractivity contribution is -0.143. The SMILES string of the molecule is O=C(Cn1cc(Br)ccc1=O)N[C@@H](CO)C(=O)O. The van der Waals surface area contributed by atoms with Gasteiger partial charge in [-0.3, -0.25) is 9.59 Å². The average Bonchev–Trinajstić information content (AvgIpc) is 2.30. The molecule has 0 radical (unpaired) electrons. The zero-order chi connectivity index (χ0) is 13.7. The zero-order valence-electron chi connectivity index (χ0n) is 9.17. The van der Waals surface area contributed by atoms with Gasteiger partial charge < -0.3 is 20.1 Å². The quantitative estimate of drug-likeness (QED) is 0.657. The molecule has 0 spiro atoms. The molecule has 0 aliphatic rings. The Morgan fingerprint density at radius 3 is 2.67 bits per heavy atom. The lowest BCUT2D eigenvalue weighted by Crippen LogP contribution is -2.45. The predicted octanol–water partition coefficient (Wildman–Crippen LogP) is -0.828. The predicted molar refractivity (Wildman–Crippen MR) is 65.1 cm³/mol. The normalized spacial score (nSPS) is 11.9. The third-order valence-electron chi connectivity index (χ3n) is 2.08. The lowest BCUT2D eigenvalue weighted by Gasteiger charge is -2.12. The molecule has 8 heteroatoms. The van der Waals surface area contributed by atoms with Crippen LogP contribution in [0.3, 0.4) is 0 Å². The van der Waals surface area contributed by atoms with Crippen LogP contribution in [0.25, 0.3) is 0 Å². The molecule has 3 N–H and O–H groups in total. The molecule has 7 nitrogen and oxygen atoms in total. The highest BCUT2D eigenvalue weighted by atomic mass is 79.9. The van der Waals surface area contributed by atoms with Gasteiger partial charge in [0.05, 0.1) is 6.61 Å². The van der Waals surface area contributed by atoms with Crippen LogP contribution in [0.4, 0.5) is 0 Å². The van der Waals surface area contributed by atoms with Crippen molar-refractivity contribution in [3.63, 3.8) is 0 Å². The topological polar surface area (TPSA) is 109 Å². The van der Waals surface area contributed by atoms with Gasteiger partial charge in [0.15, 0.2) is 0 Å². The van der Waals surface area contributed by atoms with Crippen molar-refractivity contribution in [2.45, 2.75) is 12.6 Å². The van der Waals surface area contributed by atoms with Gasteiger partial charge >= 0.3 is 5.97 Å². The molecule has 0 aliphatic carbocycles. The van der Waals surface area contributed by atoms with E-state index in [0.29, 0.717) is 4.47 Å². The van der Waals surface area contributed by atoms with Gasteiger partial charge in [0.25, 0.3) is 5.56 Å². The molecule has 18 heavy (non-hydrogen) atoms. The summed E-state index contributed by atoms with van der Waals surface area (Å²) in [7, 11) is 0. The molecule has 1 amide bonds. The van der Waals surface area contributed by atoms with E-state index in [-0.39, 0.29) is 12.1 Å². The molecule has 1 rings (SSSR count). The second-order valence-electron chi connectivity index (χ2n) is 3.45. The summed E-state index contributed by atoms with van der Waals surface area (Å²) in [5, 5.41) is 19.5. The fourth-order valence-corrected chi connectivity index (χ4v) is 1.59. The second kappa shape index (κ2) is 6.31. The van der Waals surface area contributed by atoms with Gasteiger partial charge in [0, 0.05) is 16.7 Å². The van der Waals surface area contributed by atoms with Crippen LogP contribution in [0.2, 0.25) is 0 Å². The summed E-state index contributed by atoms with van der Waals surface area (Å²) < 4.78 is 1.74. The number of halogens is 1. The fourth-order valence-electron chi connectivity index (χ4n) is 1.21. The third kappa shape index (κ3) is 3.97. The van der Waals surface area contributed by atoms with Gasteiger partial charge in [-0.25, -0.2) is 4.79 Å². The highest BCUT2D eigenvalue weighted by Gasteiger charge is 2.18. The van der Waals surface area contributed by atoms with Crippen molar-refractivity contribution in [1.82, 2.24) is 9.88 Å². The molecule has 0 aliphatic heterocycles. The molecule has 1 atom stereocenters. The molecule has 0 aromatic carbocycles. The Morgan fingerprint density at radius 1 is 1.44 bits per heavy atom. The summed E-state index contributed by atoms with van der Waals surface area (Å²) in [5.41, 5.74) is -0.385. The number of aliphatic hydroxyl groups excluding tert-OH is 1. The third-order valence-corrected chi connectivity index (χ3v) is 2.55. The van der Waals surface area contributed by atoms with Crippen molar-refractivity contribution in [2.24, 2.45) is 0 Å². The Bertz CT molecular complexity index is 513. The molecule has 0 saturated heterocycles. The van der Waals surface area contributed by atoms with Gasteiger partial charge in [-0.05, 0) is 22.0 Å². The number of rotatable bonds is 5. The Morgan fingerprint density at radius 2 is 2.11 bits per heavy atom. The van der Waals surface area contributed by atoms with E-state index >= 15 is 0 Å². The van der Waals surface area contributed by atoms with E-state index in [1.807, 2.05) is 0 Å². The highest BCUT2D eigenvalue weighted by Crippen LogP contribution is 2.04. The van der Waals surface area contributed by atoms with E-state index in [0.717, 1.165) is 4.57 Å². The lowest BCUT2D eigenvalue weighted by atomic mass is 10.3. The van der Waals surface area contributed by atoms with Crippen LogP contribution in [-0.2, 0) is 16.1 Å². The Kier molecular flexibility index (Phi) is 5.05. The maximum Gasteiger partial charge on any atom is 0.328 e. The van der Waals surface area contributed by atoms with Gasteiger partial charge in [0.2, 0.25) is 5.91 Å². The van der Waals surface area contributed by atoms with Crippen LogP contribution >= 0.6 is 15.9 Å². The number of carboxylic acid groups (broad SMARTS) is 1. The van der Waals surface area contributed by atoms with Crippen LogP contribution in [0, 0.1) is 0 Å². The maximum absolute atomic E-state index is 11.5. The molecule has 1 heterocycles. The zero-order valence-corrected chi connectivity index (χ0v) is 10.8. The summed E-state index contributed by atoms with van der Waals surface area (Å²) in [6.07, 6.45) is 1.41. The van der Waals surface area contributed by atoms with E-state index < -0.39 is 24.5 Å². The minimum absolute atomic E-state index is 0.317. The number of carbonyl (C=O) groups excluding carboxylic acids is 1. The number of amides is 1. The molecule has 1 aromatic heterocycles. The number of hydrogen-bond acceptors (Lipinski definition) is 4. The molecule has 0 fully saturated rings. The first-order valence-electron chi connectivity index (χ1n) is 4.93. The summed E-state index contributed by atoms with van der Waals surface area (Å²) in [6, 6.07) is 1.43. The number of pyridine rings is 1. The number of hydrogen-bond donors (Lipinski definition) is 3. The first-order chi connectivity index (χ1) is 8.43. The summed E-state index contributed by atoms with van der Waals surface area (Å²) in [5.74, 6) is -2.01. The second-order valence-corrected chi connectivity index (χ2v) is 4.37. The minimum atomic E-state index is -1.37. The van der Waals surface area contributed by atoms with E-state index in [2.05, 4.69) is 21.2 Å². The molecule has 0 unspecified atom stereocenters. The van der Waals surface area contributed by atoms with Crippen molar-refractivity contribution in [3.8, 4) is 0 Å². The van der Waals surface area contributed by atoms with Crippen LogP contribution < -0.4 is 10.9 Å². The largest absolute Gasteiger partial charge is 0.480 e. The molecular formula is C10H11BrN2O5. The number of nitrogens with zero attached hydrogens (tertiary/aromatic N) is 1. The van der Waals surface area contributed by atoms with Crippen LogP contribution in [-0.4, -0.2) is 39.3 Å². The highest BCUT2D eigenvalue weighted by molar-refractivity contribution is 9.10. The van der Waals surface area contributed by atoms with E-state index in [9.17, 15) is 14.4 Å². The van der Waals surface area contributed by atoms with Crippen molar-refractivity contribution >= 4 is 27.8 Å². The van der Waals surface area contributed by atoms with Crippen LogP contribution in [0.5, 0.6) is 0 Å². The Balaban J connectivity index is 2.73. The van der Waals surface area contributed by atoms with Crippen LogP contribution in [0.15, 0.2) is 27.6 Å². The Hall–Kier alpha value is -1.67. The van der Waals surface area contributed by atoms with Crippen LogP contribution in [0.1, 0.15) is 0 Å². The molecule has 0 bridgehead atoms. The first kappa shape index (κ1) is 14.4. The van der Waals surface area contributed by atoms with Crippen molar-refractivity contribution in [1.29, 1.82) is 0 Å². The number of aliphatic hydroxyl groups is 1. The van der Waals surface area contributed by atoms with E-state index in [1.165, 1.54) is 18.3 Å². The first-order valence-corrected chi connectivity index (χ1v) is 5.72. The van der Waals surface area contributed by atoms with Crippen molar-refractivity contribution in [3.05, 3.63) is 33.2 Å². The molecular weight excluding hydrogens is 308 g/mol. The monoisotopic (exact) mass is 318 g/mol. The number of aromatic nitrogens is 1. The summed E-state index contributed by atoms with van der Waals surface area (Å²) in [4.78, 5) is 33.5. The summed E-state index contributed by atoms with van der Waals surface area (Å²) in [6.45, 7) is -1.03. The Labute approximate surface area is 110 Å². The van der Waals surface area contributed by atoms with Crippen molar-refractivity contribution in [2.75, 3.05) is 6.61 Å². The molecule has 0 saturated carbocycles. The standard InChI is InChI=1S/C10H11BrN2O5/c11-6-1-2-9(16)13(3-6)4-8(15)12-7(5-14)10(17)18/h1-3,7,14H,4-5H2,(H,12,15)(H,17,18)/t7-/m0/s1. The summed E-state index contributed by atoms with van der Waals surface area (Å²) >= 11 is 3.15. The van der Waals surface area contributed by atoms with Gasteiger partial charge in [-0.2, -0.15) is 0 Å². The molecule has 1 aromatic rings. The number of aliphatic carboxylic acids is 1. The smallest absolute Gasteiger partial charge is 0.328 e. The number of carboxylic acids is 1. The molecule has 98 valence electrons.